The number of hydrogen-bond acceptors (Lipinski definition) is 4. The lowest BCUT2D eigenvalue weighted by atomic mass is 9.85. The molecule has 1 fully saturated rings. The van der Waals surface area contributed by atoms with E-state index in [1.54, 1.807) is 13.2 Å². The minimum Gasteiger partial charge on any atom is -0.345 e. The van der Waals surface area contributed by atoms with Crippen LogP contribution in [0.3, 0.4) is 0 Å². The number of nitrogens with one attached hydrogen (secondary N) is 2. The van der Waals surface area contributed by atoms with E-state index in [0.29, 0.717) is 17.4 Å². The number of aliphatic imine (C=N–C) groups is 1. The van der Waals surface area contributed by atoms with E-state index in [1.165, 1.54) is 0 Å². The van der Waals surface area contributed by atoms with Crippen LogP contribution in [0.5, 0.6) is 0 Å². The zero-order chi connectivity index (χ0) is 14.1. The van der Waals surface area contributed by atoms with Crippen molar-refractivity contribution in [2.24, 2.45) is 16.6 Å². The first-order chi connectivity index (χ1) is 9.70. The lowest BCUT2D eigenvalue weighted by Gasteiger charge is -2.28. The molecule has 0 amide bonds. The van der Waals surface area contributed by atoms with Gasteiger partial charge >= 0.3 is 0 Å². The minimum atomic E-state index is 0.314. The standard InChI is InChI=1S/C14H20N6/c1-17-14(9-2-4-10(15)5-3-9)20-11-6-7-18-13(11)19-8-12(20)16/h6-10,16,18H,2-5,15H2,1H3. The molecule has 2 aromatic heterocycles. The molecule has 2 aromatic rings. The lowest BCUT2D eigenvalue weighted by Crippen LogP contribution is -2.37. The van der Waals surface area contributed by atoms with Gasteiger partial charge in [-0.3, -0.25) is 15.0 Å². The third-order valence-corrected chi connectivity index (χ3v) is 4.10. The number of nitrogens with two attached hydrogens (primary N) is 1. The average molecular weight is 272 g/mol. The molecule has 0 radical (unpaired) electrons. The van der Waals surface area contributed by atoms with Crippen LogP contribution in [0.15, 0.2) is 23.5 Å². The second kappa shape index (κ2) is 5.20. The first-order valence-corrected chi connectivity index (χ1v) is 7.03. The molecule has 0 aromatic carbocycles. The SMILES string of the molecule is CN=C(C1CCC(N)CC1)n1c(=N)cnc2[nH]ccc21. The van der Waals surface area contributed by atoms with Gasteiger partial charge in [0.05, 0.1) is 11.7 Å². The summed E-state index contributed by atoms with van der Waals surface area (Å²) in [6, 6.07) is 2.26. The summed E-state index contributed by atoms with van der Waals surface area (Å²) in [5.74, 6) is 1.32. The van der Waals surface area contributed by atoms with Crippen molar-refractivity contribution < 1.29 is 0 Å². The van der Waals surface area contributed by atoms with Gasteiger partial charge in [0.2, 0.25) is 0 Å². The Labute approximate surface area is 117 Å². The predicted molar refractivity (Wildman–Crippen MR) is 78.6 cm³/mol. The molecule has 3 rings (SSSR count). The van der Waals surface area contributed by atoms with Gasteiger partial charge in [-0.2, -0.15) is 0 Å². The largest absolute Gasteiger partial charge is 0.345 e. The fraction of sp³-hybridized carbons (Fsp3) is 0.500. The van der Waals surface area contributed by atoms with Crippen LogP contribution in [0.1, 0.15) is 25.7 Å². The Hall–Kier alpha value is -1.95. The fourth-order valence-corrected chi connectivity index (χ4v) is 3.04. The van der Waals surface area contributed by atoms with Crippen LogP contribution < -0.4 is 11.2 Å². The number of aromatic nitrogens is 3. The highest BCUT2D eigenvalue weighted by Crippen LogP contribution is 2.25. The van der Waals surface area contributed by atoms with Gasteiger partial charge in [0.25, 0.3) is 0 Å². The van der Waals surface area contributed by atoms with Crippen molar-refractivity contribution in [3.8, 4) is 0 Å². The Morgan fingerprint density at radius 2 is 2.20 bits per heavy atom. The van der Waals surface area contributed by atoms with Gasteiger partial charge in [-0.25, -0.2) is 4.98 Å². The number of rotatable bonds is 1. The van der Waals surface area contributed by atoms with E-state index in [1.807, 2.05) is 16.8 Å². The summed E-state index contributed by atoms with van der Waals surface area (Å²) in [4.78, 5) is 11.8. The monoisotopic (exact) mass is 272 g/mol. The van der Waals surface area contributed by atoms with Crippen molar-refractivity contribution in [1.82, 2.24) is 14.5 Å². The number of H-pyrrole nitrogens is 1. The maximum atomic E-state index is 8.16. The molecule has 20 heavy (non-hydrogen) atoms. The van der Waals surface area contributed by atoms with E-state index in [9.17, 15) is 0 Å². The van der Waals surface area contributed by atoms with Crippen LogP contribution in [0.4, 0.5) is 0 Å². The Morgan fingerprint density at radius 1 is 1.45 bits per heavy atom. The van der Waals surface area contributed by atoms with Crippen LogP contribution in [0, 0.1) is 11.3 Å². The maximum Gasteiger partial charge on any atom is 0.154 e. The van der Waals surface area contributed by atoms with Crippen LogP contribution in [-0.4, -0.2) is 33.5 Å². The van der Waals surface area contributed by atoms with Crippen LogP contribution >= 0.6 is 0 Å². The second-order valence-corrected chi connectivity index (χ2v) is 5.38. The summed E-state index contributed by atoms with van der Waals surface area (Å²) in [6.45, 7) is 0. The number of hydrogen-bond donors (Lipinski definition) is 3. The van der Waals surface area contributed by atoms with E-state index in [-0.39, 0.29) is 0 Å². The van der Waals surface area contributed by atoms with Crippen molar-refractivity contribution in [2.75, 3.05) is 7.05 Å². The Bertz CT molecular complexity index is 687. The number of fused-ring (bicyclic) bond motifs is 1. The molecule has 0 bridgehead atoms. The smallest absolute Gasteiger partial charge is 0.154 e. The molecule has 0 unspecified atom stereocenters. The molecular formula is C14H20N6. The lowest BCUT2D eigenvalue weighted by molar-refractivity contribution is 0.386. The van der Waals surface area contributed by atoms with Crippen molar-refractivity contribution in [1.29, 1.82) is 5.41 Å². The predicted octanol–water partition coefficient (Wildman–Crippen LogP) is 1.24. The van der Waals surface area contributed by atoms with Crippen molar-refractivity contribution in [3.05, 3.63) is 23.9 Å². The highest BCUT2D eigenvalue weighted by Gasteiger charge is 2.25. The molecule has 6 heteroatoms. The fourth-order valence-electron chi connectivity index (χ4n) is 3.04. The van der Waals surface area contributed by atoms with Crippen molar-refractivity contribution in [2.45, 2.75) is 31.7 Å². The maximum absolute atomic E-state index is 8.16. The Balaban J connectivity index is 2.06. The highest BCUT2D eigenvalue weighted by atomic mass is 15.1. The molecule has 1 saturated carbocycles. The van der Waals surface area contributed by atoms with E-state index < -0.39 is 0 Å². The third-order valence-electron chi connectivity index (χ3n) is 4.10. The number of nitrogens with zero attached hydrogens (tertiary/aromatic N) is 3. The van der Waals surface area contributed by atoms with Gasteiger partial charge in [0.1, 0.15) is 11.3 Å². The minimum absolute atomic E-state index is 0.314. The van der Waals surface area contributed by atoms with E-state index in [4.69, 9.17) is 11.1 Å². The molecule has 0 saturated heterocycles. The molecule has 6 nitrogen and oxygen atoms in total. The van der Waals surface area contributed by atoms with Gasteiger partial charge in [-0.1, -0.05) is 0 Å². The van der Waals surface area contributed by atoms with Crippen molar-refractivity contribution >= 4 is 17.0 Å². The second-order valence-electron chi connectivity index (χ2n) is 5.38. The molecule has 4 N–H and O–H groups in total. The molecule has 2 heterocycles. The zero-order valence-electron chi connectivity index (χ0n) is 11.6. The molecule has 106 valence electrons. The van der Waals surface area contributed by atoms with Gasteiger partial charge in [0, 0.05) is 25.2 Å². The normalized spacial score (nSPS) is 24.2. The van der Waals surface area contributed by atoms with Gasteiger partial charge in [-0.15, -0.1) is 0 Å². The van der Waals surface area contributed by atoms with Crippen molar-refractivity contribution in [3.63, 3.8) is 0 Å². The summed E-state index contributed by atoms with van der Waals surface area (Å²) >= 11 is 0. The first-order valence-electron chi connectivity index (χ1n) is 7.03. The Kier molecular flexibility index (Phi) is 3.40. The van der Waals surface area contributed by atoms with E-state index in [2.05, 4.69) is 15.0 Å². The van der Waals surface area contributed by atoms with Gasteiger partial charge in [0.15, 0.2) is 5.65 Å². The topological polar surface area (TPSA) is 95.8 Å². The third kappa shape index (κ3) is 2.16. The average Bonchev–Trinajstić information content (AvgIpc) is 2.92. The molecule has 0 spiro atoms. The summed E-state index contributed by atoms with van der Waals surface area (Å²) in [5.41, 5.74) is 8.05. The van der Waals surface area contributed by atoms with Gasteiger partial charge < -0.3 is 10.7 Å². The first kappa shape index (κ1) is 13.1. The van der Waals surface area contributed by atoms with Crippen LogP contribution in [-0.2, 0) is 0 Å². The quantitative estimate of drug-likeness (QED) is 0.538. The molecule has 0 atom stereocenters. The summed E-state index contributed by atoms with van der Waals surface area (Å²) in [7, 11) is 1.80. The molecule has 1 aliphatic rings. The molecular weight excluding hydrogens is 252 g/mol. The van der Waals surface area contributed by atoms with Crippen LogP contribution in [0.25, 0.3) is 11.2 Å². The highest BCUT2D eigenvalue weighted by molar-refractivity contribution is 5.93. The van der Waals surface area contributed by atoms with Gasteiger partial charge in [-0.05, 0) is 31.7 Å². The van der Waals surface area contributed by atoms with Crippen LogP contribution in [0.2, 0.25) is 0 Å². The summed E-state index contributed by atoms with van der Waals surface area (Å²) in [6.07, 6.45) is 7.54. The number of aromatic amines is 1. The van der Waals surface area contributed by atoms with E-state index in [0.717, 1.165) is 42.7 Å². The zero-order valence-corrected chi connectivity index (χ0v) is 11.6. The Morgan fingerprint density at radius 3 is 2.90 bits per heavy atom. The summed E-state index contributed by atoms with van der Waals surface area (Å²) < 4.78 is 1.90. The molecule has 1 aliphatic carbocycles. The molecule has 0 aliphatic heterocycles. The summed E-state index contributed by atoms with van der Waals surface area (Å²) in [5, 5.41) is 8.16. The van der Waals surface area contributed by atoms with E-state index >= 15 is 0 Å².